The monoisotopic (exact) mass is 673 g/mol. The first-order chi connectivity index (χ1) is 24.7. The Bertz CT molecular complexity index is 2680. The van der Waals surface area contributed by atoms with E-state index < -0.39 is 0 Å². The maximum absolute atomic E-state index is 5.21. The Balaban J connectivity index is 1.20. The first-order valence-electron chi connectivity index (χ1n) is 16.6. The van der Waals surface area contributed by atoms with Gasteiger partial charge in [-0.05, 0) is 64.7 Å². The van der Waals surface area contributed by atoms with Crippen molar-refractivity contribution < 1.29 is 0 Å². The van der Waals surface area contributed by atoms with E-state index in [2.05, 4.69) is 164 Å². The van der Waals surface area contributed by atoms with E-state index in [0.717, 1.165) is 38.9 Å². The zero-order valence-corrected chi connectivity index (χ0v) is 28.4. The molecule has 0 amide bonds. The molecule has 0 atom stereocenters. The maximum Gasteiger partial charge on any atom is 0.164 e. The molecule has 10 rings (SSSR count). The van der Waals surface area contributed by atoms with Gasteiger partial charge >= 0.3 is 0 Å². The van der Waals surface area contributed by atoms with Crippen LogP contribution in [-0.2, 0) is 0 Å². The Labute approximate surface area is 296 Å². The molecule has 0 aliphatic rings. The predicted molar refractivity (Wildman–Crippen MR) is 213 cm³/mol. The third-order valence-electron chi connectivity index (χ3n) is 9.31. The summed E-state index contributed by atoms with van der Waals surface area (Å²) in [5.41, 5.74) is 7.41. The molecule has 0 unspecified atom stereocenters. The first kappa shape index (κ1) is 29.0. The highest BCUT2D eigenvalue weighted by atomic mass is 32.1. The summed E-state index contributed by atoms with van der Waals surface area (Å²) in [6, 6.07) is 58.0. The summed E-state index contributed by atoms with van der Waals surface area (Å²) in [7, 11) is 0. The summed E-state index contributed by atoms with van der Waals surface area (Å²) in [6.07, 6.45) is 0. The number of thiophene rings is 2. The largest absolute Gasteiger partial charge is 0.208 e. The smallest absolute Gasteiger partial charge is 0.164 e. The zero-order chi connectivity index (χ0) is 33.0. The van der Waals surface area contributed by atoms with Gasteiger partial charge in [-0.3, -0.25) is 0 Å². The van der Waals surface area contributed by atoms with Gasteiger partial charge in [-0.2, -0.15) is 0 Å². The minimum atomic E-state index is 0.646. The summed E-state index contributed by atoms with van der Waals surface area (Å²) in [6.45, 7) is 0. The summed E-state index contributed by atoms with van der Waals surface area (Å²) in [5, 5.41) is 5.06. The first-order valence-corrected chi connectivity index (χ1v) is 18.2. The summed E-state index contributed by atoms with van der Waals surface area (Å²) in [5.74, 6) is 1.96. The molecule has 0 aliphatic heterocycles. The SMILES string of the molecule is c1ccc(-c2cc(-c3ccccc3)cc(-c3nc(-c4ccc5c(c4)sc4ccccc45)nc(-c4ccc5c(c4)sc4ccccc45)n3)c2)cc1. The van der Waals surface area contributed by atoms with E-state index >= 15 is 0 Å². The molecular formula is C45H27N3S2. The maximum atomic E-state index is 5.21. The Morgan fingerprint density at radius 2 is 0.640 bits per heavy atom. The Morgan fingerprint density at radius 1 is 0.260 bits per heavy atom. The molecule has 0 saturated heterocycles. The number of aromatic nitrogens is 3. The van der Waals surface area contributed by atoms with Crippen LogP contribution in [0.15, 0.2) is 164 Å². The summed E-state index contributed by atoms with van der Waals surface area (Å²) < 4.78 is 4.99. The van der Waals surface area contributed by atoms with Crippen LogP contribution in [0.1, 0.15) is 0 Å². The quantitative estimate of drug-likeness (QED) is 0.182. The van der Waals surface area contributed by atoms with Crippen molar-refractivity contribution in [3.05, 3.63) is 164 Å². The number of benzene rings is 7. The van der Waals surface area contributed by atoms with E-state index in [-0.39, 0.29) is 0 Å². The van der Waals surface area contributed by atoms with E-state index in [1.54, 1.807) is 22.7 Å². The average molecular weight is 674 g/mol. The second kappa shape index (κ2) is 11.8. The molecule has 5 heteroatoms. The molecule has 0 aliphatic carbocycles. The summed E-state index contributed by atoms with van der Waals surface area (Å²) >= 11 is 3.61. The minimum Gasteiger partial charge on any atom is -0.208 e. The van der Waals surface area contributed by atoms with Gasteiger partial charge in [0, 0.05) is 57.0 Å². The van der Waals surface area contributed by atoms with Crippen LogP contribution in [0.2, 0.25) is 0 Å². The van der Waals surface area contributed by atoms with Gasteiger partial charge in [-0.15, -0.1) is 22.7 Å². The van der Waals surface area contributed by atoms with Gasteiger partial charge in [0.1, 0.15) is 0 Å². The van der Waals surface area contributed by atoms with Crippen LogP contribution in [0.3, 0.4) is 0 Å². The van der Waals surface area contributed by atoms with E-state index in [1.807, 2.05) is 0 Å². The van der Waals surface area contributed by atoms with Crippen LogP contribution in [0, 0.1) is 0 Å². The molecule has 10 aromatic rings. The second-order valence-electron chi connectivity index (χ2n) is 12.5. The lowest BCUT2D eigenvalue weighted by Crippen LogP contribution is -2.00. The van der Waals surface area contributed by atoms with Crippen molar-refractivity contribution in [2.24, 2.45) is 0 Å². The lowest BCUT2D eigenvalue weighted by Gasteiger charge is -2.12. The molecule has 0 N–H and O–H groups in total. The fraction of sp³-hybridized carbons (Fsp3) is 0. The Kier molecular flexibility index (Phi) is 6.86. The standard InChI is InChI=1S/C45H27N3S2/c1-3-11-28(12-4-1)32-23-33(29-13-5-2-6-14-29)25-34(24-32)45-47-43(30-19-21-37-35-15-7-9-17-39(35)49-41(37)26-30)46-44(48-45)31-20-22-38-36-16-8-10-18-40(36)50-42(38)27-31/h1-27H. The van der Waals surface area contributed by atoms with Gasteiger partial charge < -0.3 is 0 Å². The number of nitrogens with zero attached hydrogens (tertiary/aromatic N) is 3. The highest BCUT2D eigenvalue weighted by Crippen LogP contribution is 2.39. The van der Waals surface area contributed by atoms with Gasteiger partial charge in [-0.25, -0.2) is 15.0 Å². The van der Waals surface area contributed by atoms with E-state index in [4.69, 9.17) is 15.0 Å². The molecule has 7 aromatic carbocycles. The highest BCUT2D eigenvalue weighted by Gasteiger charge is 2.17. The molecule has 234 valence electrons. The zero-order valence-electron chi connectivity index (χ0n) is 26.7. The molecule has 0 fully saturated rings. The highest BCUT2D eigenvalue weighted by molar-refractivity contribution is 7.26. The molecule has 0 bridgehead atoms. The molecule has 3 nitrogen and oxygen atoms in total. The third-order valence-corrected chi connectivity index (χ3v) is 11.6. The fourth-order valence-electron chi connectivity index (χ4n) is 6.84. The van der Waals surface area contributed by atoms with Crippen molar-refractivity contribution >= 4 is 63.0 Å². The van der Waals surface area contributed by atoms with Gasteiger partial charge in [0.2, 0.25) is 0 Å². The van der Waals surface area contributed by atoms with E-state index in [1.165, 1.54) is 40.3 Å². The van der Waals surface area contributed by atoms with Gasteiger partial charge in [-0.1, -0.05) is 121 Å². The molecule has 3 aromatic heterocycles. The molecule has 0 spiro atoms. The van der Waals surface area contributed by atoms with Gasteiger partial charge in [0.15, 0.2) is 17.5 Å². The van der Waals surface area contributed by atoms with Crippen molar-refractivity contribution in [3.8, 4) is 56.4 Å². The Hall–Kier alpha value is -6.01. The number of hydrogen-bond donors (Lipinski definition) is 0. The number of hydrogen-bond acceptors (Lipinski definition) is 5. The van der Waals surface area contributed by atoms with Crippen molar-refractivity contribution in [1.82, 2.24) is 15.0 Å². The molecule has 0 radical (unpaired) electrons. The van der Waals surface area contributed by atoms with Crippen molar-refractivity contribution in [1.29, 1.82) is 0 Å². The minimum absolute atomic E-state index is 0.646. The number of rotatable bonds is 5. The van der Waals surface area contributed by atoms with Crippen LogP contribution in [-0.4, -0.2) is 15.0 Å². The normalized spacial score (nSPS) is 11.6. The lowest BCUT2D eigenvalue weighted by atomic mass is 9.96. The topological polar surface area (TPSA) is 38.7 Å². The average Bonchev–Trinajstić information content (AvgIpc) is 3.76. The third kappa shape index (κ3) is 5.07. The van der Waals surface area contributed by atoms with Crippen LogP contribution >= 0.6 is 22.7 Å². The second-order valence-corrected chi connectivity index (χ2v) is 14.6. The Morgan fingerprint density at radius 3 is 1.12 bits per heavy atom. The fourth-order valence-corrected chi connectivity index (χ4v) is 9.14. The molecule has 0 saturated carbocycles. The van der Waals surface area contributed by atoms with E-state index in [9.17, 15) is 0 Å². The van der Waals surface area contributed by atoms with Crippen molar-refractivity contribution in [2.45, 2.75) is 0 Å². The van der Waals surface area contributed by atoms with Crippen LogP contribution < -0.4 is 0 Å². The van der Waals surface area contributed by atoms with Crippen LogP contribution in [0.4, 0.5) is 0 Å². The van der Waals surface area contributed by atoms with Crippen molar-refractivity contribution in [2.75, 3.05) is 0 Å². The van der Waals surface area contributed by atoms with E-state index in [0.29, 0.717) is 17.5 Å². The molecular weight excluding hydrogens is 647 g/mol. The van der Waals surface area contributed by atoms with Crippen molar-refractivity contribution in [3.63, 3.8) is 0 Å². The predicted octanol–water partition coefficient (Wildman–Crippen LogP) is 12.9. The molecule has 50 heavy (non-hydrogen) atoms. The van der Waals surface area contributed by atoms with Gasteiger partial charge in [0.25, 0.3) is 0 Å². The summed E-state index contributed by atoms with van der Waals surface area (Å²) in [4.78, 5) is 15.6. The van der Waals surface area contributed by atoms with Crippen LogP contribution in [0.5, 0.6) is 0 Å². The van der Waals surface area contributed by atoms with Crippen LogP contribution in [0.25, 0.3) is 96.8 Å². The molecule has 3 heterocycles. The number of fused-ring (bicyclic) bond motifs is 6. The lowest BCUT2D eigenvalue weighted by molar-refractivity contribution is 1.08. The van der Waals surface area contributed by atoms with Gasteiger partial charge in [0.05, 0.1) is 0 Å².